The van der Waals surface area contributed by atoms with E-state index in [1.807, 2.05) is 0 Å². The molecule has 1 aromatic heterocycles. The molecule has 2 aromatic rings. The highest BCUT2D eigenvalue weighted by Crippen LogP contribution is 2.23. The zero-order valence-electron chi connectivity index (χ0n) is 12.3. The SMILES string of the molecule is Cc1cc(OC(F)F)ccc1NC(=O)NC(C)c1nnc(N)s1. The second-order valence-corrected chi connectivity index (χ2v) is 5.69. The second-order valence-electron chi connectivity index (χ2n) is 4.65. The van der Waals surface area contributed by atoms with Crippen molar-refractivity contribution in [2.24, 2.45) is 0 Å². The third-order valence-corrected chi connectivity index (χ3v) is 3.78. The van der Waals surface area contributed by atoms with E-state index in [1.165, 1.54) is 29.5 Å². The van der Waals surface area contributed by atoms with E-state index in [0.717, 1.165) is 0 Å². The van der Waals surface area contributed by atoms with Gasteiger partial charge in [-0.25, -0.2) is 4.79 Å². The molecule has 1 aromatic carbocycles. The number of amides is 2. The first-order valence-electron chi connectivity index (χ1n) is 6.57. The molecule has 2 amide bonds. The van der Waals surface area contributed by atoms with Crippen LogP contribution in [0.3, 0.4) is 0 Å². The number of rotatable bonds is 5. The first-order valence-corrected chi connectivity index (χ1v) is 7.38. The largest absolute Gasteiger partial charge is 0.435 e. The van der Waals surface area contributed by atoms with Gasteiger partial charge in [-0.2, -0.15) is 8.78 Å². The smallest absolute Gasteiger partial charge is 0.387 e. The molecular weight excluding hydrogens is 328 g/mol. The summed E-state index contributed by atoms with van der Waals surface area (Å²) in [6.07, 6.45) is 0. The van der Waals surface area contributed by atoms with Crippen molar-refractivity contribution in [1.82, 2.24) is 15.5 Å². The lowest BCUT2D eigenvalue weighted by molar-refractivity contribution is -0.0498. The number of ether oxygens (including phenoxy) is 1. The standard InChI is InChI=1S/C13H15F2N5O2S/c1-6-5-8(22-11(14)15)3-4-9(6)18-13(21)17-7(2)10-19-20-12(16)23-10/h3-5,7,11H,1-2H3,(H2,16,20)(H2,17,18,21). The number of carbonyl (C=O) groups excluding carboxylic acids is 1. The van der Waals surface area contributed by atoms with E-state index >= 15 is 0 Å². The molecule has 2 rings (SSSR count). The predicted molar refractivity (Wildman–Crippen MR) is 82.7 cm³/mol. The van der Waals surface area contributed by atoms with Gasteiger partial charge in [-0.05, 0) is 37.6 Å². The minimum absolute atomic E-state index is 0.0289. The predicted octanol–water partition coefficient (Wildman–Crippen LogP) is 2.91. The highest BCUT2D eigenvalue weighted by molar-refractivity contribution is 7.15. The zero-order valence-corrected chi connectivity index (χ0v) is 13.2. The van der Waals surface area contributed by atoms with Crippen molar-refractivity contribution in [3.63, 3.8) is 0 Å². The van der Waals surface area contributed by atoms with E-state index in [0.29, 0.717) is 21.4 Å². The molecule has 0 aliphatic rings. The van der Waals surface area contributed by atoms with Gasteiger partial charge in [-0.15, -0.1) is 10.2 Å². The molecule has 10 heteroatoms. The first kappa shape index (κ1) is 16.9. The van der Waals surface area contributed by atoms with E-state index in [9.17, 15) is 13.6 Å². The summed E-state index contributed by atoms with van der Waals surface area (Å²) in [6, 6.07) is 3.42. The summed E-state index contributed by atoms with van der Waals surface area (Å²) in [4.78, 5) is 12.0. The lowest BCUT2D eigenvalue weighted by Gasteiger charge is -2.14. The monoisotopic (exact) mass is 343 g/mol. The molecule has 0 bridgehead atoms. The summed E-state index contributed by atoms with van der Waals surface area (Å²) in [7, 11) is 0. The molecular formula is C13H15F2N5O2S. The van der Waals surface area contributed by atoms with Crippen LogP contribution in [0.25, 0.3) is 0 Å². The fraction of sp³-hybridized carbons (Fsp3) is 0.308. The lowest BCUT2D eigenvalue weighted by Crippen LogP contribution is -2.31. The molecule has 1 heterocycles. The highest BCUT2D eigenvalue weighted by atomic mass is 32.1. The Balaban J connectivity index is 1.97. The Morgan fingerprint density at radius 2 is 2.13 bits per heavy atom. The summed E-state index contributed by atoms with van der Waals surface area (Å²) in [6.45, 7) is 0.520. The van der Waals surface area contributed by atoms with Crippen LogP contribution in [0.15, 0.2) is 18.2 Å². The number of benzene rings is 1. The van der Waals surface area contributed by atoms with Gasteiger partial charge in [-0.3, -0.25) is 0 Å². The van der Waals surface area contributed by atoms with Gasteiger partial charge in [0.25, 0.3) is 0 Å². The maximum atomic E-state index is 12.1. The number of nitrogen functional groups attached to an aromatic ring is 1. The average Bonchev–Trinajstić information content (AvgIpc) is 2.88. The van der Waals surface area contributed by atoms with Gasteiger partial charge in [0.2, 0.25) is 5.13 Å². The summed E-state index contributed by atoms with van der Waals surface area (Å²) in [5, 5.41) is 13.7. The Morgan fingerprint density at radius 1 is 1.39 bits per heavy atom. The van der Waals surface area contributed by atoms with Crippen LogP contribution < -0.4 is 21.1 Å². The van der Waals surface area contributed by atoms with Gasteiger partial charge in [0, 0.05) is 5.69 Å². The van der Waals surface area contributed by atoms with Crippen LogP contribution >= 0.6 is 11.3 Å². The molecule has 124 valence electrons. The Kier molecular flexibility index (Phi) is 5.27. The number of hydrogen-bond donors (Lipinski definition) is 3. The Bertz CT molecular complexity index is 695. The molecule has 1 unspecified atom stereocenters. The van der Waals surface area contributed by atoms with Crippen LogP contribution in [0.2, 0.25) is 0 Å². The van der Waals surface area contributed by atoms with Gasteiger partial charge in [0.1, 0.15) is 10.8 Å². The van der Waals surface area contributed by atoms with Crippen LogP contribution in [0.5, 0.6) is 5.75 Å². The summed E-state index contributed by atoms with van der Waals surface area (Å²) >= 11 is 1.18. The molecule has 7 nitrogen and oxygen atoms in total. The van der Waals surface area contributed by atoms with Gasteiger partial charge < -0.3 is 21.1 Å². The number of carbonyl (C=O) groups is 1. The molecule has 23 heavy (non-hydrogen) atoms. The number of urea groups is 1. The third-order valence-electron chi connectivity index (χ3n) is 2.85. The number of nitrogens with one attached hydrogen (secondary N) is 2. The molecule has 0 saturated heterocycles. The van der Waals surface area contributed by atoms with E-state index in [2.05, 4.69) is 25.6 Å². The van der Waals surface area contributed by atoms with Gasteiger partial charge in [0.05, 0.1) is 6.04 Å². The van der Waals surface area contributed by atoms with Crippen molar-refractivity contribution >= 4 is 28.2 Å². The zero-order chi connectivity index (χ0) is 17.0. The van der Waals surface area contributed by atoms with Gasteiger partial charge in [-0.1, -0.05) is 11.3 Å². The van der Waals surface area contributed by atoms with Crippen LogP contribution in [0.4, 0.5) is 24.4 Å². The molecule has 1 atom stereocenters. The normalized spacial score (nSPS) is 12.0. The van der Waals surface area contributed by atoms with E-state index in [-0.39, 0.29) is 11.8 Å². The van der Waals surface area contributed by atoms with Crippen LogP contribution in [-0.2, 0) is 0 Å². The van der Waals surface area contributed by atoms with Crippen molar-refractivity contribution in [3.8, 4) is 5.75 Å². The number of alkyl halides is 2. The Hall–Kier alpha value is -2.49. The summed E-state index contributed by atoms with van der Waals surface area (Å²) < 4.78 is 28.6. The number of anilines is 2. The number of hydrogen-bond acceptors (Lipinski definition) is 6. The summed E-state index contributed by atoms with van der Waals surface area (Å²) in [5.74, 6) is 0.0289. The fourth-order valence-corrected chi connectivity index (χ4v) is 2.40. The summed E-state index contributed by atoms with van der Waals surface area (Å²) in [5.41, 5.74) is 6.56. The Labute approximate surface area is 134 Å². The molecule has 0 radical (unpaired) electrons. The van der Waals surface area contributed by atoms with Gasteiger partial charge >= 0.3 is 12.6 Å². The van der Waals surface area contributed by atoms with Crippen LogP contribution in [0, 0.1) is 6.92 Å². The first-order chi connectivity index (χ1) is 10.8. The van der Waals surface area contributed by atoms with Crippen LogP contribution in [-0.4, -0.2) is 22.8 Å². The minimum atomic E-state index is -2.89. The average molecular weight is 343 g/mol. The minimum Gasteiger partial charge on any atom is -0.435 e. The number of aromatic nitrogens is 2. The quantitative estimate of drug-likeness (QED) is 0.775. The lowest BCUT2D eigenvalue weighted by atomic mass is 10.2. The molecule has 0 aliphatic carbocycles. The third kappa shape index (κ3) is 4.74. The maximum Gasteiger partial charge on any atom is 0.387 e. The van der Waals surface area contributed by atoms with E-state index in [4.69, 9.17) is 5.73 Å². The molecule has 0 aliphatic heterocycles. The topological polar surface area (TPSA) is 102 Å². The number of nitrogens with two attached hydrogens (primary N) is 1. The highest BCUT2D eigenvalue weighted by Gasteiger charge is 2.15. The van der Waals surface area contributed by atoms with Crippen molar-refractivity contribution in [1.29, 1.82) is 0 Å². The Morgan fingerprint density at radius 3 is 2.70 bits per heavy atom. The molecule has 0 fully saturated rings. The molecule has 4 N–H and O–H groups in total. The van der Waals surface area contributed by atoms with Crippen molar-refractivity contribution in [2.75, 3.05) is 11.1 Å². The molecule has 0 spiro atoms. The number of aryl methyl sites for hydroxylation is 1. The number of nitrogens with zero attached hydrogens (tertiary/aromatic N) is 2. The van der Waals surface area contributed by atoms with E-state index in [1.54, 1.807) is 13.8 Å². The van der Waals surface area contributed by atoms with Gasteiger partial charge in [0.15, 0.2) is 0 Å². The van der Waals surface area contributed by atoms with Crippen LogP contribution in [0.1, 0.15) is 23.5 Å². The van der Waals surface area contributed by atoms with Crippen molar-refractivity contribution in [2.45, 2.75) is 26.5 Å². The van der Waals surface area contributed by atoms with E-state index < -0.39 is 12.6 Å². The van der Waals surface area contributed by atoms with Crippen molar-refractivity contribution < 1.29 is 18.3 Å². The molecule has 0 saturated carbocycles. The van der Waals surface area contributed by atoms with Crippen molar-refractivity contribution in [3.05, 3.63) is 28.8 Å². The second kappa shape index (κ2) is 7.18. The maximum absolute atomic E-state index is 12.1. The fourth-order valence-electron chi connectivity index (χ4n) is 1.79. The number of halogens is 2.